The molecule has 0 aliphatic rings. The molecule has 0 fully saturated rings. The molecule has 0 spiro atoms. The molecule has 0 aliphatic heterocycles. The van der Waals surface area contributed by atoms with E-state index in [0.717, 1.165) is 19.2 Å². The van der Waals surface area contributed by atoms with Crippen LogP contribution in [0, 0.1) is 10.7 Å². The molecule has 19 heavy (non-hydrogen) atoms. The van der Waals surface area contributed by atoms with Gasteiger partial charge in [-0.2, -0.15) is 13.2 Å². The first-order valence-corrected chi connectivity index (χ1v) is 5.24. The average Bonchev–Trinajstić information content (AvgIpc) is 2.18. The highest BCUT2D eigenvalue weighted by Crippen LogP contribution is 2.31. The van der Waals surface area contributed by atoms with Crippen LogP contribution in [0.3, 0.4) is 0 Å². The summed E-state index contributed by atoms with van der Waals surface area (Å²) in [5, 5.41) is 1.59. The van der Waals surface area contributed by atoms with Crippen molar-refractivity contribution < 1.29 is 27.1 Å². The van der Waals surface area contributed by atoms with Crippen LogP contribution < -0.4 is 5.32 Å². The van der Waals surface area contributed by atoms with Gasteiger partial charge >= 0.3 is 6.18 Å². The molecule has 9 heteroatoms. The van der Waals surface area contributed by atoms with Gasteiger partial charge in [-0.25, -0.2) is 4.39 Å². The van der Waals surface area contributed by atoms with Gasteiger partial charge in [0.2, 0.25) is 5.91 Å². The van der Waals surface area contributed by atoms with E-state index < -0.39 is 30.0 Å². The molecule has 1 N–H and O–H groups in total. The summed E-state index contributed by atoms with van der Waals surface area (Å²) in [4.78, 5) is 22.2. The summed E-state index contributed by atoms with van der Waals surface area (Å²) in [6.45, 7) is 0. The van der Waals surface area contributed by atoms with Crippen LogP contribution in [0.25, 0.3) is 0 Å². The van der Waals surface area contributed by atoms with Crippen LogP contribution in [0.4, 0.5) is 28.9 Å². The molecule has 0 aromatic heterocycles. The molecule has 104 valence electrons. The van der Waals surface area contributed by atoms with E-state index in [1.165, 1.54) is 0 Å². The highest BCUT2D eigenvalue weighted by atomic mass is 35.5. The van der Waals surface area contributed by atoms with Crippen LogP contribution >= 0.6 is 11.6 Å². The van der Waals surface area contributed by atoms with Crippen molar-refractivity contribution in [1.29, 1.82) is 0 Å². The Balaban J connectivity index is 3.07. The van der Waals surface area contributed by atoms with Crippen LogP contribution in [-0.4, -0.2) is 23.9 Å². The number of hydrogen-bond donors (Lipinski definition) is 1. The summed E-state index contributed by atoms with van der Waals surface area (Å²) in [5.41, 5.74) is -1.02. The molecule has 0 saturated heterocycles. The Bertz CT molecular complexity index is 531. The minimum atomic E-state index is -4.73. The van der Waals surface area contributed by atoms with Crippen LogP contribution in [0.2, 0.25) is 5.02 Å². The van der Waals surface area contributed by atoms with Gasteiger partial charge in [0, 0.05) is 15.7 Å². The third kappa shape index (κ3) is 4.47. The lowest BCUT2D eigenvalue weighted by atomic mass is 10.2. The number of carbonyl (C=O) groups excluding carboxylic acids is 1. The lowest BCUT2D eigenvalue weighted by Gasteiger charge is -2.09. The lowest BCUT2D eigenvalue weighted by molar-refractivity contribution is -0.427. The Kier molecular flexibility index (Phi) is 4.46. The maximum atomic E-state index is 13.5. The number of hydrogen-bond acceptors (Lipinski definition) is 2. The van der Waals surface area contributed by atoms with Crippen molar-refractivity contribution in [3.8, 4) is 0 Å². The van der Waals surface area contributed by atoms with E-state index in [9.17, 15) is 27.3 Å². The number of carbonyl (C=O) groups is 1. The Morgan fingerprint density at radius 3 is 2.47 bits per heavy atom. The van der Waals surface area contributed by atoms with Crippen LogP contribution in [-0.2, 0) is 4.79 Å². The highest BCUT2D eigenvalue weighted by molar-refractivity contribution is 6.31. The average molecular weight is 300 g/mol. The normalized spacial score (nSPS) is 11.3. The van der Waals surface area contributed by atoms with Gasteiger partial charge in [-0.05, 0) is 6.07 Å². The van der Waals surface area contributed by atoms with Gasteiger partial charge in [0.25, 0.3) is 5.69 Å². The number of nitroso groups, excluding NO2 is 1. The molecule has 0 radical (unpaired) electrons. The first-order valence-electron chi connectivity index (χ1n) is 4.86. The standard InChI is InChI=1S/C10H7ClF4N2O2/c1-17(19)7-3-5(11)2-6(12)9(7)16-8(18)4-10(13,14)15/h2-3H,4H2,1H3/p+1. The predicted octanol–water partition coefficient (Wildman–Crippen LogP) is 3.41. The van der Waals surface area contributed by atoms with E-state index in [2.05, 4.69) is 0 Å². The largest absolute Gasteiger partial charge is 0.397 e. The number of rotatable bonds is 3. The van der Waals surface area contributed by atoms with Crippen LogP contribution in [0.5, 0.6) is 0 Å². The first kappa shape index (κ1) is 15.4. The van der Waals surface area contributed by atoms with E-state index in [1.54, 1.807) is 5.32 Å². The van der Waals surface area contributed by atoms with Crippen molar-refractivity contribution in [3.63, 3.8) is 0 Å². The second-order valence-electron chi connectivity index (χ2n) is 3.62. The van der Waals surface area contributed by atoms with Gasteiger partial charge in [-0.3, -0.25) is 4.79 Å². The van der Waals surface area contributed by atoms with Crippen LogP contribution in [0.15, 0.2) is 12.1 Å². The second kappa shape index (κ2) is 5.52. The zero-order valence-electron chi connectivity index (χ0n) is 9.52. The maximum Gasteiger partial charge on any atom is 0.397 e. The third-order valence-electron chi connectivity index (χ3n) is 2.00. The minimum absolute atomic E-state index is 0.121. The Morgan fingerprint density at radius 1 is 1.42 bits per heavy atom. The van der Waals surface area contributed by atoms with Gasteiger partial charge in [-0.15, -0.1) is 0 Å². The first-order chi connectivity index (χ1) is 8.60. The number of alkyl halides is 3. The molecule has 1 aromatic carbocycles. The summed E-state index contributed by atoms with van der Waals surface area (Å²) < 4.78 is 49.7. The third-order valence-corrected chi connectivity index (χ3v) is 2.22. The quantitative estimate of drug-likeness (QED) is 0.687. The fourth-order valence-corrected chi connectivity index (χ4v) is 1.50. The predicted molar refractivity (Wildman–Crippen MR) is 59.9 cm³/mol. The van der Waals surface area contributed by atoms with Gasteiger partial charge < -0.3 is 5.32 Å². The molecule has 0 bridgehead atoms. The topological polar surface area (TPSA) is 49.2 Å². The molecule has 4 nitrogen and oxygen atoms in total. The zero-order valence-corrected chi connectivity index (χ0v) is 10.3. The van der Waals surface area contributed by atoms with Crippen molar-refractivity contribution in [2.45, 2.75) is 12.6 Å². The fraction of sp³-hybridized carbons (Fsp3) is 0.300. The number of nitrogens with zero attached hydrogens (tertiary/aromatic N) is 1. The molecule has 1 aromatic rings. The van der Waals surface area contributed by atoms with Crippen molar-refractivity contribution in [2.75, 3.05) is 12.4 Å². The Hall–Kier alpha value is -1.70. The zero-order chi connectivity index (χ0) is 14.8. The van der Waals surface area contributed by atoms with E-state index >= 15 is 0 Å². The molecular formula is C10H8ClF4N2O2+. The van der Waals surface area contributed by atoms with Crippen molar-refractivity contribution in [2.24, 2.45) is 0 Å². The van der Waals surface area contributed by atoms with Crippen molar-refractivity contribution in [3.05, 3.63) is 27.9 Å². The Labute approximate surface area is 109 Å². The number of amides is 1. The molecule has 0 saturated carbocycles. The highest BCUT2D eigenvalue weighted by Gasteiger charge is 2.32. The molecule has 0 heterocycles. The monoisotopic (exact) mass is 299 g/mol. The minimum Gasteiger partial charge on any atom is -0.318 e. The number of halogens is 5. The molecule has 0 unspecified atom stereocenters. The molecule has 0 aliphatic carbocycles. The van der Waals surface area contributed by atoms with Crippen molar-refractivity contribution >= 4 is 28.9 Å². The summed E-state index contributed by atoms with van der Waals surface area (Å²) in [5.74, 6) is -2.57. The van der Waals surface area contributed by atoms with E-state index in [1.807, 2.05) is 0 Å². The van der Waals surface area contributed by atoms with Gasteiger partial charge in [0.15, 0.2) is 18.6 Å². The van der Waals surface area contributed by atoms with Gasteiger partial charge in [-0.1, -0.05) is 11.6 Å². The van der Waals surface area contributed by atoms with Crippen molar-refractivity contribution in [1.82, 2.24) is 0 Å². The number of benzene rings is 1. The van der Waals surface area contributed by atoms with E-state index in [-0.39, 0.29) is 15.5 Å². The summed E-state index contributed by atoms with van der Waals surface area (Å²) in [7, 11) is 0.991. The molecular weight excluding hydrogens is 292 g/mol. The van der Waals surface area contributed by atoms with E-state index in [0.29, 0.717) is 0 Å². The lowest BCUT2D eigenvalue weighted by Crippen LogP contribution is -2.22. The number of anilines is 1. The number of nitrogens with one attached hydrogen (secondary N) is 1. The fourth-order valence-electron chi connectivity index (χ4n) is 1.30. The smallest absolute Gasteiger partial charge is 0.318 e. The second-order valence-corrected chi connectivity index (χ2v) is 4.06. The maximum absolute atomic E-state index is 13.5. The molecule has 0 atom stereocenters. The molecule has 1 rings (SSSR count). The summed E-state index contributed by atoms with van der Waals surface area (Å²) in [6, 6.07) is 1.80. The SMILES string of the molecule is C[N+](=O)c1cc(Cl)cc(F)c1NC(=O)CC(F)(F)F. The van der Waals surface area contributed by atoms with Gasteiger partial charge in [0.1, 0.15) is 6.42 Å². The Morgan fingerprint density at radius 2 is 2.00 bits per heavy atom. The summed E-state index contributed by atoms with van der Waals surface area (Å²) in [6.07, 6.45) is -6.51. The van der Waals surface area contributed by atoms with Gasteiger partial charge in [0.05, 0.1) is 5.02 Å². The molecule has 1 amide bonds. The van der Waals surface area contributed by atoms with E-state index in [4.69, 9.17) is 11.6 Å². The summed E-state index contributed by atoms with van der Waals surface area (Å²) >= 11 is 5.51. The van der Waals surface area contributed by atoms with Crippen LogP contribution in [0.1, 0.15) is 6.42 Å².